The number of nitro benzene ring substituents is 1. The molecule has 0 fully saturated rings. The zero-order valence-corrected chi connectivity index (χ0v) is 16.5. The van der Waals surface area contributed by atoms with Gasteiger partial charge in [0, 0.05) is 34.8 Å². The van der Waals surface area contributed by atoms with Gasteiger partial charge in [-0.3, -0.25) is 15.5 Å². The van der Waals surface area contributed by atoms with Crippen LogP contribution in [0.1, 0.15) is 42.3 Å². The van der Waals surface area contributed by atoms with Gasteiger partial charge in [-0.15, -0.1) is 0 Å². The number of hydrogen-bond donors (Lipinski definition) is 1. The summed E-state index contributed by atoms with van der Waals surface area (Å²) in [7, 11) is 0. The van der Waals surface area contributed by atoms with Crippen molar-refractivity contribution in [1.29, 1.82) is 0 Å². The van der Waals surface area contributed by atoms with Gasteiger partial charge in [-0.05, 0) is 55.7 Å². The molecule has 0 aliphatic heterocycles. The van der Waals surface area contributed by atoms with Gasteiger partial charge in [-0.25, -0.2) is 0 Å². The fourth-order valence-corrected chi connectivity index (χ4v) is 3.16. The first-order valence-electron chi connectivity index (χ1n) is 9.19. The molecule has 0 saturated heterocycles. The Morgan fingerprint density at radius 1 is 1.07 bits per heavy atom. The molecule has 0 bridgehead atoms. The Balaban J connectivity index is 1.77. The number of non-ortho nitro benzene ring substituents is 1. The van der Waals surface area contributed by atoms with Gasteiger partial charge in [0.05, 0.1) is 16.8 Å². The minimum atomic E-state index is -0.421. The topological polar surface area (TPSA) is 72.5 Å². The van der Waals surface area contributed by atoms with Crippen molar-refractivity contribution < 1.29 is 4.92 Å². The molecule has 6 heteroatoms. The average molecular weight is 376 g/mol. The largest absolute Gasteiger partial charge is 0.318 e. The lowest BCUT2D eigenvalue weighted by molar-refractivity contribution is -0.384. The fourth-order valence-electron chi connectivity index (χ4n) is 3.16. The van der Waals surface area contributed by atoms with Crippen LogP contribution >= 0.6 is 0 Å². The number of anilines is 1. The molecule has 0 aliphatic rings. The Labute approximate surface area is 164 Å². The molecular weight excluding hydrogens is 352 g/mol. The van der Waals surface area contributed by atoms with Crippen molar-refractivity contribution in [2.45, 2.75) is 33.6 Å². The second-order valence-corrected chi connectivity index (χ2v) is 7.08. The summed E-state index contributed by atoms with van der Waals surface area (Å²) in [6.07, 6.45) is 1.77. The van der Waals surface area contributed by atoms with Gasteiger partial charge in [0.2, 0.25) is 0 Å². The smallest absolute Gasteiger partial charge is 0.269 e. The molecule has 2 aromatic carbocycles. The number of hydrazone groups is 1. The molecule has 0 unspecified atom stereocenters. The molecular formula is C22H24N4O2. The van der Waals surface area contributed by atoms with Crippen LogP contribution in [-0.4, -0.2) is 15.7 Å². The van der Waals surface area contributed by atoms with Crippen LogP contribution in [-0.2, 0) is 0 Å². The van der Waals surface area contributed by atoms with Crippen LogP contribution in [0, 0.1) is 24.0 Å². The van der Waals surface area contributed by atoms with Crippen LogP contribution in [0.3, 0.4) is 0 Å². The van der Waals surface area contributed by atoms with Gasteiger partial charge in [-0.1, -0.05) is 26.0 Å². The zero-order chi connectivity index (χ0) is 20.3. The van der Waals surface area contributed by atoms with E-state index >= 15 is 0 Å². The van der Waals surface area contributed by atoms with E-state index in [9.17, 15) is 10.1 Å². The van der Waals surface area contributed by atoms with Gasteiger partial charge in [-0.2, -0.15) is 5.10 Å². The number of nitro groups is 1. The number of nitrogens with one attached hydrogen (secondary N) is 1. The maximum absolute atomic E-state index is 10.7. The molecule has 0 spiro atoms. The van der Waals surface area contributed by atoms with Crippen LogP contribution in [0.4, 0.5) is 11.4 Å². The average Bonchev–Trinajstić information content (AvgIpc) is 2.95. The second kappa shape index (κ2) is 8.08. The van der Waals surface area contributed by atoms with Crippen molar-refractivity contribution in [2.75, 3.05) is 5.43 Å². The Hall–Kier alpha value is -3.41. The van der Waals surface area contributed by atoms with Gasteiger partial charge in [0.1, 0.15) is 0 Å². The summed E-state index contributed by atoms with van der Waals surface area (Å²) in [4.78, 5) is 10.3. The third-order valence-electron chi connectivity index (χ3n) is 4.76. The summed E-state index contributed by atoms with van der Waals surface area (Å²) in [5, 5.41) is 15.0. The molecule has 6 nitrogen and oxygen atoms in total. The van der Waals surface area contributed by atoms with Crippen LogP contribution in [0.25, 0.3) is 5.69 Å². The third kappa shape index (κ3) is 4.11. The minimum Gasteiger partial charge on any atom is -0.318 e. The lowest BCUT2D eigenvalue weighted by Gasteiger charge is -2.12. The van der Waals surface area contributed by atoms with Gasteiger partial charge in [0.25, 0.3) is 5.69 Å². The van der Waals surface area contributed by atoms with Gasteiger partial charge in [0.15, 0.2) is 0 Å². The predicted molar refractivity (Wildman–Crippen MR) is 114 cm³/mol. The summed E-state index contributed by atoms with van der Waals surface area (Å²) < 4.78 is 2.21. The third-order valence-corrected chi connectivity index (χ3v) is 4.76. The van der Waals surface area contributed by atoms with E-state index in [0.29, 0.717) is 11.6 Å². The first-order valence-corrected chi connectivity index (χ1v) is 9.19. The molecule has 0 atom stereocenters. The quantitative estimate of drug-likeness (QED) is 0.347. The highest BCUT2D eigenvalue weighted by Gasteiger charge is 2.10. The number of hydrogen-bond acceptors (Lipinski definition) is 4. The van der Waals surface area contributed by atoms with Crippen molar-refractivity contribution in [1.82, 2.24) is 4.57 Å². The molecule has 1 N–H and O–H groups in total. The van der Waals surface area contributed by atoms with Crippen LogP contribution in [0.5, 0.6) is 0 Å². The summed E-state index contributed by atoms with van der Waals surface area (Å²) in [6, 6.07) is 16.9. The van der Waals surface area contributed by atoms with E-state index in [1.165, 1.54) is 17.7 Å². The summed E-state index contributed by atoms with van der Waals surface area (Å²) >= 11 is 0. The molecule has 1 aromatic heterocycles. The Bertz CT molecular complexity index is 1000. The summed E-state index contributed by atoms with van der Waals surface area (Å²) in [5.41, 5.74) is 9.36. The van der Waals surface area contributed by atoms with E-state index in [0.717, 1.165) is 22.6 Å². The maximum Gasteiger partial charge on any atom is 0.269 e. The number of aromatic nitrogens is 1. The Morgan fingerprint density at radius 3 is 2.29 bits per heavy atom. The molecule has 28 heavy (non-hydrogen) atoms. The predicted octanol–water partition coefficient (Wildman–Crippen LogP) is 5.57. The van der Waals surface area contributed by atoms with E-state index in [1.807, 2.05) is 0 Å². The van der Waals surface area contributed by atoms with E-state index < -0.39 is 4.92 Å². The molecule has 0 amide bonds. The normalized spacial score (nSPS) is 11.3. The van der Waals surface area contributed by atoms with E-state index in [4.69, 9.17) is 0 Å². The molecule has 144 valence electrons. The second-order valence-electron chi connectivity index (χ2n) is 7.08. The first-order chi connectivity index (χ1) is 13.4. The number of aryl methyl sites for hydroxylation is 1. The Kier molecular flexibility index (Phi) is 5.59. The lowest BCUT2D eigenvalue weighted by Crippen LogP contribution is -2.00. The number of rotatable bonds is 6. The van der Waals surface area contributed by atoms with Crippen molar-refractivity contribution in [3.63, 3.8) is 0 Å². The van der Waals surface area contributed by atoms with Crippen LogP contribution in [0.2, 0.25) is 0 Å². The highest BCUT2D eigenvalue weighted by Crippen LogP contribution is 2.22. The monoisotopic (exact) mass is 376 g/mol. The number of benzene rings is 2. The van der Waals surface area contributed by atoms with E-state index in [2.05, 4.69) is 73.1 Å². The standard InChI is InChI=1S/C22H24N4O2/c1-15(2)18-5-9-21(10-6-18)25-16(3)13-19(17(25)4)14-23-24-20-7-11-22(12-8-20)26(27)28/h5-15,24H,1-4H3/b23-14+. The molecule has 3 rings (SSSR count). The van der Waals surface area contributed by atoms with E-state index in [1.54, 1.807) is 18.3 Å². The van der Waals surface area contributed by atoms with Crippen molar-refractivity contribution in [2.24, 2.45) is 5.10 Å². The molecule has 1 heterocycles. The van der Waals surface area contributed by atoms with Crippen molar-refractivity contribution in [3.05, 3.63) is 87.2 Å². The SMILES string of the molecule is Cc1cc(/C=N/Nc2ccc([N+](=O)[O-])cc2)c(C)n1-c1ccc(C(C)C)cc1. The highest BCUT2D eigenvalue weighted by atomic mass is 16.6. The highest BCUT2D eigenvalue weighted by molar-refractivity contribution is 5.82. The van der Waals surface area contributed by atoms with Gasteiger partial charge >= 0.3 is 0 Å². The van der Waals surface area contributed by atoms with Gasteiger partial charge < -0.3 is 4.57 Å². The molecule has 0 saturated carbocycles. The van der Waals surface area contributed by atoms with E-state index in [-0.39, 0.29) is 5.69 Å². The molecule has 3 aromatic rings. The molecule has 0 radical (unpaired) electrons. The lowest BCUT2D eigenvalue weighted by atomic mass is 10.0. The Morgan fingerprint density at radius 2 is 1.71 bits per heavy atom. The fraction of sp³-hybridized carbons (Fsp3) is 0.227. The zero-order valence-electron chi connectivity index (χ0n) is 16.5. The molecule has 0 aliphatic carbocycles. The summed E-state index contributed by atoms with van der Waals surface area (Å²) in [6.45, 7) is 8.52. The number of nitrogens with zero attached hydrogens (tertiary/aromatic N) is 3. The minimum absolute atomic E-state index is 0.0570. The van der Waals surface area contributed by atoms with Crippen molar-refractivity contribution >= 4 is 17.6 Å². The maximum atomic E-state index is 10.7. The van der Waals surface area contributed by atoms with Crippen molar-refractivity contribution in [3.8, 4) is 5.69 Å². The van der Waals surface area contributed by atoms with Crippen LogP contribution in [0.15, 0.2) is 59.7 Å². The summed E-state index contributed by atoms with van der Waals surface area (Å²) in [5.74, 6) is 0.508. The van der Waals surface area contributed by atoms with Crippen LogP contribution < -0.4 is 5.43 Å². The first kappa shape index (κ1) is 19.4.